The summed E-state index contributed by atoms with van der Waals surface area (Å²) in [5, 5.41) is 0. The number of H-pyrrole nitrogens is 1. The molecule has 4 heterocycles. The smallest absolute Gasteiger partial charge is 0.261 e. The number of amides is 2. The van der Waals surface area contributed by atoms with Crippen LogP contribution in [0.1, 0.15) is 59.2 Å². The number of nitrogens with one attached hydrogen (secondary N) is 1. The summed E-state index contributed by atoms with van der Waals surface area (Å²) >= 11 is 0. The first-order valence-electron chi connectivity index (χ1n) is 11.8. The molecule has 0 aromatic carbocycles. The number of pyridine rings is 2. The summed E-state index contributed by atoms with van der Waals surface area (Å²) in [4.78, 5) is 49.5. The van der Waals surface area contributed by atoms with Gasteiger partial charge < -0.3 is 14.8 Å². The number of fused-ring (bicyclic) bond motifs is 3. The average molecular weight is 435 g/mol. The highest BCUT2D eigenvalue weighted by Gasteiger charge is 2.35. The normalized spacial score (nSPS) is 22.4. The highest BCUT2D eigenvalue weighted by Crippen LogP contribution is 2.35. The molecule has 1 saturated carbocycles. The van der Waals surface area contributed by atoms with E-state index in [0.29, 0.717) is 49.8 Å². The molecule has 2 atom stereocenters. The third kappa shape index (κ3) is 4.20. The van der Waals surface area contributed by atoms with Gasteiger partial charge in [-0.2, -0.15) is 0 Å². The Morgan fingerprint density at radius 3 is 2.72 bits per heavy atom. The fourth-order valence-corrected chi connectivity index (χ4v) is 5.72. The summed E-state index contributed by atoms with van der Waals surface area (Å²) in [6.45, 7) is 2.49. The molecule has 5 rings (SSSR count). The van der Waals surface area contributed by atoms with Crippen LogP contribution in [0.25, 0.3) is 0 Å². The summed E-state index contributed by atoms with van der Waals surface area (Å²) in [5.41, 5.74) is 2.74. The summed E-state index contributed by atoms with van der Waals surface area (Å²) in [7, 11) is 0. The topological polar surface area (TPSA) is 86.4 Å². The first kappa shape index (κ1) is 20.9. The van der Waals surface area contributed by atoms with Crippen LogP contribution in [0, 0.1) is 11.8 Å². The number of piperidine rings is 1. The third-order valence-electron chi connectivity index (χ3n) is 7.34. The van der Waals surface area contributed by atoms with E-state index >= 15 is 0 Å². The molecule has 2 fully saturated rings. The summed E-state index contributed by atoms with van der Waals surface area (Å²) in [5.74, 6) is 1.09. The van der Waals surface area contributed by atoms with Gasteiger partial charge in [-0.05, 0) is 66.7 Å². The van der Waals surface area contributed by atoms with Crippen LogP contribution in [0.2, 0.25) is 0 Å². The summed E-state index contributed by atoms with van der Waals surface area (Å²) in [6.07, 6.45) is 11.6. The van der Waals surface area contributed by atoms with Crippen LogP contribution >= 0.6 is 0 Å². The molecule has 2 amide bonds. The van der Waals surface area contributed by atoms with E-state index in [1.165, 1.54) is 25.7 Å². The molecule has 0 radical (unpaired) electrons. The predicted molar refractivity (Wildman–Crippen MR) is 120 cm³/mol. The van der Waals surface area contributed by atoms with Crippen LogP contribution in [0.3, 0.4) is 0 Å². The monoisotopic (exact) mass is 434 g/mol. The van der Waals surface area contributed by atoms with Gasteiger partial charge in [-0.25, -0.2) is 0 Å². The lowest BCUT2D eigenvalue weighted by Gasteiger charge is -2.41. The molecule has 2 aliphatic heterocycles. The molecule has 1 saturated heterocycles. The van der Waals surface area contributed by atoms with Crippen LogP contribution in [0.5, 0.6) is 0 Å². The second kappa shape index (κ2) is 8.88. The Morgan fingerprint density at radius 2 is 1.97 bits per heavy atom. The van der Waals surface area contributed by atoms with Crippen LogP contribution in [0.15, 0.2) is 35.5 Å². The second-order valence-electron chi connectivity index (χ2n) is 9.53. The molecule has 1 N–H and O–H groups in total. The first-order chi connectivity index (χ1) is 15.6. The van der Waals surface area contributed by atoms with Crippen molar-refractivity contribution in [3.05, 3.63) is 63.3 Å². The maximum atomic E-state index is 13.4. The van der Waals surface area contributed by atoms with Crippen molar-refractivity contribution in [2.24, 2.45) is 11.8 Å². The van der Waals surface area contributed by atoms with Crippen molar-refractivity contribution in [3.8, 4) is 0 Å². The number of hydrogen-bond donors (Lipinski definition) is 1. The molecule has 1 aliphatic carbocycles. The Bertz CT molecular complexity index is 1050. The van der Waals surface area contributed by atoms with Gasteiger partial charge in [-0.1, -0.05) is 12.5 Å². The quantitative estimate of drug-likeness (QED) is 0.801. The zero-order valence-electron chi connectivity index (χ0n) is 18.4. The van der Waals surface area contributed by atoms with Gasteiger partial charge in [-0.15, -0.1) is 0 Å². The van der Waals surface area contributed by atoms with Crippen molar-refractivity contribution in [1.29, 1.82) is 0 Å². The van der Waals surface area contributed by atoms with Gasteiger partial charge in [0.25, 0.3) is 11.5 Å². The van der Waals surface area contributed by atoms with E-state index in [4.69, 9.17) is 0 Å². The minimum atomic E-state index is -0.305. The number of aromatic amines is 1. The van der Waals surface area contributed by atoms with Gasteiger partial charge in [0.2, 0.25) is 5.91 Å². The second-order valence-corrected chi connectivity index (χ2v) is 9.53. The molecule has 7 nitrogen and oxygen atoms in total. The zero-order chi connectivity index (χ0) is 22.1. The van der Waals surface area contributed by atoms with Crippen molar-refractivity contribution >= 4 is 11.8 Å². The van der Waals surface area contributed by atoms with E-state index in [1.807, 2.05) is 21.9 Å². The van der Waals surface area contributed by atoms with Gasteiger partial charge >= 0.3 is 0 Å². The standard InChI is InChI=1S/C25H30N4O3/c30-22(7-6-17-5-2-9-26-12-17)28-10-8-21-20(16-28)13-27-24(31)23(21)25(32)29-14-18-3-1-4-19(11-18)15-29/h2,5,9,12-13,18-19H,1,3-4,6-8,10-11,14-16H2,(H,27,31)/t18-,19-/m1/s1. The van der Waals surface area contributed by atoms with Crippen LogP contribution in [-0.2, 0) is 24.2 Å². The van der Waals surface area contributed by atoms with Gasteiger partial charge in [0.15, 0.2) is 0 Å². The predicted octanol–water partition coefficient (Wildman–Crippen LogP) is 2.55. The maximum absolute atomic E-state index is 13.4. The molecular weight excluding hydrogens is 404 g/mol. The SMILES string of the molecule is O=C(CCc1cccnc1)N1CCc2c(c[nH]c(=O)c2C(=O)N2C[C@@H]3CCC[C@H](C3)C2)C1. The molecule has 0 spiro atoms. The highest BCUT2D eigenvalue weighted by molar-refractivity contribution is 5.96. The van der Waals surface area contributed by atoms with Crippen molar-refractivity contribution in [3.63, 3.8) is 0 Å². The number of aromatic nitrogens is 2. The van der Waals surface area contributed by atoms with E-state index in [0.717, 1.165) is 29.8 Å². The minimum Gasteiger partial charge on any atom is -0.338 e. The number of hydrogen-bond acceptors (Lipinski definition) is 4. The fourth-order valence-electron chi connectivity index (χ4n) is 5.72. The van der Waals surface area contributed by atoms with E-state index in [-0.39, 0.29) is 17.4 Å². The van der Waals surface area contributed by atoms with E-state index in [1.54, 1.807) is 18.6 Å². The van der Waals surface area contributed by atoms with Gasteiger partial charge in [0, 0.05) is 51.2 Å². The summed E-state index contributed by atoms with van der Waals surface area (Å²) < 4.78 is 0. The van der Waals surface area contributed by atoms with Gasteiger partial charge in [0.1, 0.15) is 5.56 Å². The lowest BCUT2D eigenvalue weighted by Crippen LogP contribution is -2.48. The third-order valence-corrected chi connectivity index (χ3v) is 7.34. The first-order valence-corrected chi connectivity index (χ1v) is 11.8. The average Bonchev–Trinajstić information content (AvgIpc) is 2.82. The lowest BCUT2D eigenvalue weighted by molar-refractivity contribution is -0.132. The van der Waals surface area contributed by atoms with E-state index in [9.17, 15) is 14.4 Å². The maximum Gasteiger partial charge on any atom is 0.261 e. The number of carbonyl (C=O) groups is 2. The van der Waals surface area contributed by atoms with Crippen LogP contribution in [-0.4, -0.2) is 51.2 Å². The molecule has 2 bridgehead atoms. The van der Waals surface area contributed by atoms with E-state index in [2.05, 4.69) is 9.97 Å². The molecule has 3 aliphatic rings. The Labute approximate surface area is 187 Å². The molecular formula is C25H30N4O3. The highest BCUT2D eigenvalue weighted by atomic mass is 16.2. The molecule has 168 valence electrons. The van der Waals surface area contributed by atoms with Gasteiger partial charge in [0.05, 0.1) is 0 Å². The van der Waals surface area contributed by atoms with E-state index < -0.39 is 0 Å². The number of carbonyl (C=O) groups excluding carboxylic acids is 2. The molecule has 2 aromatic heterocycles. The Morgan fingerprint density at radius 1 is 1.16 bits per heavy atom. The number of rotatable bonds is 4. The van der Waals surface area contributed by atoms with Crippen LogP contribution < -0.4 is 5.56 Å². The molecule has 2 aromatic rings. The number of aryl methyl sites for hydroxylation is 1. The van der Waals surface area contributed by atoms with Crippen LogP contribution in [0.4, 0.5) is 0 Å². The molecule has 7 heteroatoms. The minimum absolute atomic E-state index is 0.0856. The fraction of sp³-hybridized carbons (Fsp3) is 0.520. The van der Waals surface area contributed by atoms with Crippen molar-refractivity contribution in [2.75, 3.05) is 19.6 Å². The Kier molecular flexibility index (Phi) is 5.81. The van der Waals surface area contributed by atoms with Crippen molar-refractivity contribution < 1.29 is 9.59 Å². The molecule has 32 heavy (non-hydrogen) atoms. The zero-order valence-corrected chi connectivity index (χ0v) is 18.4. The lowest BCUT2D eigenvalue weighted by atomic mass is 9.77. The van der Waals surface area contributed by atoms with Crippen molar-refractivity contribution in [1.82, 2.24) is 19.8 Å². The van der Waals surface area contributed by atoms with Crippen molar-refractivity contribution in [2.45, 2.75) is 51.5 Å². The largest absolute Gasteiger partial charge is 0.338 e. The Hall–Kier alpha value is -2.96. The Balaban J connectivity index is 1.30. The van der Waals surface area contributed by atoms with Gasteiger partial charge in [-0.3, -0.25) is 19.4 Å². The molecule has 0 unspecified atom stereocenters. The number of likely N-dealkylation sites (tertiary alicyclic amines) is 1. The summed E-state index contributed by atoms with van der Waals surface area (Å²) in [6, 6.07) is 3.85. The number of nitrogens with zero attached hydrogens (tertiary/aromatic N) is 3.